The average molecular weight is 250 g/mol. The first-order valence-corrected chi connectivity index (χ1v) is 6.95. The molecule has 1 fully saturated rings. The van der Waals surface area contributed by atoms with E-state index in [-0.39, 0.29) is 0 Å². The van der Waals surface area contributed by atoms with Crippen molar-refractivity contribution in [2.24, 2.45) is 0 Å². The van der Waals surface area contributed by atoms with Gasteiger partial charge in [0.1, 0.15) is 0 Å². The van der Waals surface area contributed by atoms with Gasteiger partial charge in [-0.15, -0.1) is 0 Å². The summed E-state index contributed by atoms with van der Waals surface area (Å²) in [4.78, 5) is 4.80. The summed E-state index contributed by atoms with van der Waals surface area (Å²) < 4.78 is 0. The number of hydrogen-bond donors (Lipinski definition) is 0. The van der Waals surface area contributed by atoms with Crippen molar-refractivity contribution in [2.45, 2.75) is 34.6 Å². The van der Waals surface area contributed by atoms with E-state index >= 15 is 0 Å². The molecule has 0 aromatic carbocycles. The maximum atomic E-state index is 4.07. The Morgan fingerprint density at radius 2 is 1.44 bits per heavy atom. The molecule has 0 aromatic heterocycles. The molecule has 0 spiro atoms. The number of rotatable bonds is 3. The minimum absolute atomic E-state index is 1.10. The lowest BCUT2D eigenvalue weighted by Gasteiger charge is -2.35. The summed E-state index contributed by atoms with van der Waals surface area (Å²) in [6.07, 6.45) is 4.37. The van der Waals surface area contributed by atoms with Crippen LogP contribution in [0.15, 0.2) is 35.6 Å². The maximum Gasteiger partial charge on any atom is 0.0390 e. The summed E-state index contributed by atoms with van der Waals surface area (Å²) in [6, 6.07) is 0. The molecule has 0 aliphatic carbocycles. The number of hydrogen-bond acceptors (Lipinski definition) is 2. The standard InChI is InChI=1S/C14H24N2.C2H6/c1-12(2)6-7-14(13(3)4)16-10-8-15(5)9-11-16;1-2/h6-7H,3,8-11H2,1-2,4-5H3;1-2H3/b14-7+;. The Labute approximate surface area is 114 Å². The van der Waals surface area contributed by atoms with Gasteiger partial charge in [-0.2, -0.15) is 0 Å². The van der Waals surface area contributed by atoms with Gasteiger partial charge in [-0.1, -0.05) is 32.1 Å². The first kappa shape index (κ1) is 17.0. The summed E-state index contributed by atoms with van der Waals surface area (Å²) in [6.45, 7) is 18.9. The smallest absolute Gasteiger partial charge is 0.0390 e. The van der Waals surface area contributed by atoms with Crippen LogP contribution < -0.4 is 0 Å². The third kappa shape index (κ3) is 6.06. The molecule has 0 N–H and O–H groups in total. The van der Waals surface area contributed by atoms with Gasteiger partial charge in [0.25, 0.3) is 0 Å². The zero-order valence-corrected chi connectivity index (χ0v) is 13.1. The molecule has 0 saturated carbocycles. The van der Waals surface area contributed by atoms with E-state index in [1.807, 2.05) is 13.8 Å². The first-order valence-electron chi connectivity index (χ1n) is 6.95. The lowest BCUT2D eigenvalue weighted by atomic mass is 10.1. The van der Waals surface area contributed by atoms with E-state index < -0.39 is 0 Å². The van der Waals surface area contributed by atoms with Gasteiger partial charge in [0.2, 0.25) is 0 Å². The third-order valence-electron chi connectivity index (χ3n) is 2.86. The Morgan fingerprint density at radius 3 is 1.83 bits per heavy atom. The second kappa shape index (κ2) is 8.98. The molecule has 1 aliphatic heterocycles. The molecule has 0 bridgehead atoms. The van der Waals surface area contributed by atoms with Crippen molar-refractivity contribution in [1.29, 1.82) is 0 Å². The molecule has 1 rings (SSSR count). The maximum absolute atomic E-state index is 4.07. The number of allylic oxidation sites excluding steroid dienone is 4. The van der Waals surface area contributed by atoms with Crippen LogP contribution in [-0.2, 0) is 0 Å². The molecular weight excluding hydrogens is 220 g/mol. The zero-order chi connectivity index (χ0) is 14.1. The summed E-state index contributed by atoms with van der Waals surface area (Å²) in [5.74, 6) is 0. The van der Waals surface area contributed by atoms with Crippen LogP contribution >= 0.6 is 0 Å². The van der Waals surface area contributed by atoms with Gasteiger partial charge in [-0.3, -0.25) is 0 Å². The van der Waals surface area contributed by atoms with Crippen LogP contribution in [0.3, 0.4) is 0 Å². The normalized spacial score (nSPS) is 16.8. The van der Waals surface area contributed by atoms with Gasteiger partial charge in [0.05, 0.1) is 0 Å². The topological polar surface area (TPSA) is 6.48 Å². The fourth-order valence-corrected chi connectivity index (χ4v) is 1.81. The van der Waals surface area contributed by atoms with Crippen molar-refractivity contribution >= 4 is 0 Å². The summed E-state index contributed by atoms with van der Waals surface area (Å²) in [7, 11) is 2.18. The fourth-order valence-electron chi connectivity index (χ4n) is 1.81. The van der Waals surface area contributed by atoms with Crippen LogP contribution in [0, 0.1) is 0 Å². The minimum atomic E-state index is 1.10. The molecule has 0 radical (unpaired) electrons. The monoisotopic (exact) mass is 250 g/mol. The quantitative estimate of drug-likeness (QED) is 0.705. The summed E-state index contributed by atoms with van der Waals surface area (Å²) in [5, 5.41) is 0. The van der Waals surface area contributed by atoms with Crippen LogP contribution in [0.5, 0.6) is 0 Å². The molecule has 0 aromatic rings. The molecule has 2 nitrogen and oxygen atoms in total. The largest absolute Gasteiger partial charge is 0.369 e. The summed E-state index contributed by atoms with van der Waals surface area (Å²) >= 11 is 0. The van der Waals surface area contributed by atoms with Gasteiger partial charge >= 0.3 is 0 Å². The fraction of sp³-hybridized carbons (Fsp3) is 0.625. The van der Waals surface area contributed by atoms with Gasteiger partial charge < -0.3 is 9.80 Å². The number of nitrogens with zero attached hydrogens (tertiary/aromatic N) is 2. The molecule has 2 heteroatoms. The van der Waals surface area contributed by atoms with Crippen molar-refractivity contribution in [3.05, 3.63) is 35.6 Å². The second-order valence-electron chi connectivity index (χ2n) is 4.87. The molecule has 0 atom stereocenters. The van der Waals surface area contributed by atoms with Crippen molar-refractivity contribution in [3.63, 3.8) is 0 Å². The number of likely N-dealkylation sites (N-methyl/N-ethyl adjacent to an activating group) is 1. The molecule has 0 unspecified atom stereocenters. The predicted octanol–water partition coefficient (Wildman–Crippen LogP) is 3.69. The van der Waals surface area contributed by atoms with Crippen molar-refractivity contribution in [1.82, 2.24) is 9.80 Å². The van der Waals surface area contributed by atoms with E-state index in [0.717, 1.165) is 31.8 Å². The third-order valence-corrected chi connectivity index (χ3v) is 2.86. The minimum Gasteiger partial charge on any atom is -0.369 e. The Morgan fingerprint density at radius 1 is 0.944 bits per heavy atom. The van der Waals surface area contributed by atoms with Gasteiger partial charge in [-0.25, -0.2) is 0 Å². The molecule has 18 heavy (non-hydrogen) atoms. The van der Waals surface area contributed by atoms with Crippen LogP contribution in [0.1, 0.15) is 34.6 Å². The van der Waals surface area contributed by atoms with Crippen molar-refractivity contribution < 1.29 is 0 Å². The van der Waals surface area contributed by atoms with E-state index in [4.69, 9.17) is 0 Å². The Kier molecular flexibility index (Phi) is 8.47. The molecular formula is C16H30N2. The first-order chi connectivity index (χ1) is 8.50. The van der Waals surface area contributed by atoms with Crippen LogP contribution in [0.4, 0.5) is 0 Å². The van der Waals surface area contributed by atoms with E-state index in [1.54, 1.807) is 0 Å². The van der Waals surface area contributed by atoms with Gasteiger partial charge in [0, 0.05) is 31.9 Å². The van der Waals surface area contributed by atoms with E-state index in [9.17, 15) is 0 Å². The molecule has 104 valence electrons. The molecule has 0 amide bonds. The highest BCUT2D eigenvalue weighted by Crippen LogP contribution is 2.16. The lowest BCUT2D eigenvalue weighted by Crippen LogP contribution is -2.43. The van der Waals surface area contributed by atoms with Crippen LogP contribution in [0.25, 0.3) is 0 Å². The Hall–Kier alpha value is -1.02. The Balaban J connectivity index is 0.00000137. The van der Waals surface area contributed by atoms with Crippen molar-refractivity contribution in [3.8, 4) is 0 Å². The van der Waals surface area contributed by atoms with E-state index in [1.165, 1.54) is 11.3 Å². The van der Waals surface area contributed by atoms with E-state index in [0.29, 0.717) is 0 Å². The molecule has 1 heterocycles. The SMILES string of the molecule is C=C(C)/C(=C\C=C(C)C)N1CCN(C)CC1.CC. The second-order valence-corrected chi connectivity index (χ2v) is 4.87. The van der Waals surface area contributed by atoms with Crippen LogP contribution in [0.2, 0.25) is 0 Å². The highest BCUT2D eigenvalue weighted by atomic mass is 15.2. The predicted molar refractivity (Wildman–Crippen MR) is 82.7 cm³/mol. The zero-order valence-electron chi connectivity index (χ0n) is 13.1. The molecule has 1 aliphatic rings. The van der Waals surface area contributed by atoms with Gasteiger partial charge in [-0.05, 0) is 39.5 Å². The lowest BCUT2D eigenvalue weighted by molar-refractivity contribution is 0.189. The molecule has 1 saturated heterocycles. The van der Waals surface area contributed by atoms with Crippen LogP contribution in [-0.4, -0.2) is 43.0 Å². The van der Waals surface area contributed by atoms with Gasteiger partial charge in [0.15, 0.2) is 0 Å². The number of piperazine rings is 1. The Bertz CT molecular complexity index is 301. The van der Waals surface area contributed by atoms with Crippen molar-refractivity contribution in [2.75, 3.05) is 33.2 Å². The summed E-state index contributed by atoms with van der Waals surface area (Å²) in [5.41, 5.74) is 3.77. The average Bonchev–Trinajstić information content (AvgIpc) is 2.33. The van der Waals surface area contributed by atoms with E-state index in [2.05, 4.69) is 56.3 Å². The highest BCUT2D eigenvalue weighted by Gasteiger charge is 2.15. The highest BCUT2D eigenvalue weighted by molar-refractivity contribution is 5.30.